The zero-order valence-electron chi connectivity index (χ0n) is 13.1. The van der Waals surface area contributed by atoms with Crippen molar-refractivity contribution in [1.82, 2.24) is 5.32 Å². The standard InChI is InChI=1S/C17H27NO2/c1-14(15-8-6-5-7-9-15)12-20-16(19)10-11-17(2,3)13-18-4/h5-9,14,18H,10-13H2,1-4H3. The monoisotopic (exact) mass is 277 g/mol. The van der Waals surface area contributed by atoms with Crippen LogP contribution in [0.2, 0.25) is 0 Å². The first kappa shape index (κ1) is 16.7. The fourth-order valence-corrected chi connectivity index (χ4v) is 2.18. The van der Waals surface area contributed by atoms with Crippen molar-refractivity contribution >= 4 is 5.97 Å². The lowest BCUT2D eigenvalue weighted by Gasteiger charge is -2.23. The van der Waals surface area contributed by atoms with E-state index in [1.54, 1.807) is 0 Å². The fraction of sp³-hybridized carbons (Fsp3) is 0.588. The maximum absolute atomic E-state index is 11.8. The van der Waals surface area contributed by atoms with Gasteiger partial charge >= 0.3 is 5.97 Å². The maximum atomic E-state index is 11.8. The van der Waals surface area contributed by atoms with Gasteiger partial charge in [-0.3, -0.25) is 4.79 Å². The number of carbonyl (C=O) groups is 1. The molecule has 1 aromatic rings. The SMILES string of the molecule is CNCC(C)(C)CCC(=O)OCC(C)c1ccccc1. The van der Waals surface area contributed by atoms with Gasteiger partial charge in [-0.05, 0) is 31.0 Å². The number of nitrogens with one attached hydrogen (secondary N) is 1. The van der Waals surface area contributed by atoms with Crippen molar-refractivity contribution in [3.05, 3.63) is 35.9 Å². The van der Waals surface area contributed by atoms with Crippen LogP contribution in [0.3, 0.4) is 0 Å². The molecular formula is C17H27NO2. The molecular weight excluding hydrogens is 250 g/mol. The summed E-state index contributed by atoms with van der Waals surface area (Å²) in [5, 5.41) is 3.15. The molecule has 20 heavy (non-hydrogen) atoms. The molecule has 0 bridgehead atoms. The maximum Gasteiger partial charge on any atom is 0.305 e. The van der Waals surface area contributed by atoms with Crippen LogP contribution < -0.4 is 5.32 Å². The van der Waals surface area contributed by atoms with Crippen LogP contribution in [0.25, 0.3) is 0 Å². The van der Waals surface area contributed by atoms with Crippen molar-refractivity contribution < 1.29 is 9.53 Å². The molecule has 1 N–H and O–H groups in total. The molecule has 3 heteroatoms. The predicted octanol–water partition coefficient (Wildman–Crippen LogP) is 3.36. The Kier molecular flexibility index (Phi) is 6.73. The summed E-state index contributed by atoms with van der Waals surface area (Å²) in [6.07, 6.45) is 1.32. The van der Waals surface area contributed by atoms with Crippen molar-refractivity contribution in [3.8, 4) is 0 Å². The summed E-state index contributed by atoms with van der Waals surface area (Å²) in [4.78, 5) is 11.8. The number of esters is 1. The van der Waals surface area contributed by atoms with Crippen molar-refractivity contribution in [2.24, 2.45) is 5.41 Å². The van der Waals surface area contributed by atoms with E-state index in [-0.39, 0.29) is 17.3 Å². The highest BCUT2D eigenvalue weighted by molar-refractivity contribution is 5.69. The van der Waals surface area contributed by atoms with E-state index in [4.69, 9.17) is 4.74 Å². The molecule has 0 radical (unpaired) electrons. The Morgan fingerprint density at radius 1 is 1.30 bits per heavy atom. The minimum absolute atomic E-state index is 0.100. The van der Waals surface area contributed by atoms with Crippen LogP contribution in [-0.4, -0.2) is 26.2 Å². The zero-order valence-corrected chi connectivity index (χ0v) is 13.1. The predicted molar refractivity (Wildman–Crippen MR) is 82.8 cm³/mol. The average molecular weight is 277 g/mol. The van der Waals surface area contributed by atoms with Crippen LogP contribution in [-0.2, 0) is 9.53 Å². The van der Waals surface area contributed by atoms with Gasteiger partial charge in [0.05, 0.1) is 6.61 Å². The normalized spacial score (nSPS) is 13.0. The van der Waals surface area contributed by atoms with Gasteiger partial charge in [0.2, 0.25) is 0 Å². The van der Waals surface area contributed by atoms with Crippen LogP contribution in [0.1, 0.15) is 45.1 Å². The summed E-state index contributed by atoms with van der Waals surface area (Å²) in [5.74, 6) is 0.141. The van der Waals surface area contributed by atoms with Gasteiger partial charge in [-0.1, -0.05) is 51.1 Å². The smallest absolute Gasteiger partial charge is 0.305 e. The van der Waals surface area contributed by atoms with Crippen molar-refractivity contribution in [2.75, 3.05) is 20.2 Å². The highest BCUT2D eigenvalue weighted by atomic mass is 16.5. The molecule has 0 saturated heterocycles. The second kappa shape index (κ2) is 8.05. The Hall–Kier alpha value is -1.35. The van der Waals surface area contributed by atoms with Crippen LogP contribution in [0, 0.1) is 5.41 Å². The number of benzene rings is 1. The third kappa shape index (κ3) is 6.20. The molecule has 3 nitrogen and oxygen atoms in total. The van der Waals surface area contributed by atoms with Crippen LogP contribution >= 0.6 is 0 Å². The molecule has 0 aliphatic rings. The number of ether oxygens (including phenoxy) is 1. The topological polar surface area (TPSA) is 38.3 Å². The summed E-state index contributed by atoms with van der Waals surface area (Å²) in [6, 6.07) is 10.1. The zero-order chi connectivity index (χ0) is 15.0. The summed E-state index contributed by atoms with van der Waals surface area (Å²) in [5.41, 5.74) is 1.33. The van der Waals surface area contributed by atoms with Crippen LogP contribution in [0.4, 0.5) is 0 Å². The number of carbonyl (C=O) groups excluding carboxylic acids is 1. The van der Waals surface area contributed by atoms with Gasteiger partial charge in [-0.2, -0.15) is 0 Å². The summed E-state index contributed by atoms with van der Waals surface area (Å²) < 4.78 is 5.37. The van der Waals surface area contributed by atoms with Crippen molar-refractivity contribution in [1.29, 1.82) is 0 Å². The summed E-state index contributed by atoms with van der Waals surface area (Å²) in [6.45, 7) is 7.75. The molecule has 0 spiro atoms. The second-order valence-electron chi connectivity index (χ2n) is 6.19. The minimum atomic E-state index is -0.100. The molecule has 0 amide bonds. The van der Waals surface area contributed by atoms with E-state index in [1.807, 2.05) is 25.2 Å². The quantitative estimate of drug-likeness (QED) is 0.740. The van der Waals surface area contributed by atoms with E-state index in [0.29, 0.717) is 13.0 Å². The molecule has 0 heterocycles. The van der Waals surface area contributed by atoms with Crippen LogP contribution in [0.15, 0.2) is 30.3 Å². The highest BCUT2D eigenvalue weighted by Gasteiger charge is 2.19. The van der Waals surface area contributed by atoms with Gasteiger partial charge in [-0.25, -0.2) is 0 Å². The highest BCUT2D eigenvalue weighted by Crippen LogP contribution is 2.21. The van der Waals surface area contributed by atoms with Crippen molar-refractivity contribution in [2.45, 2.75) is 39.5 Å². The van der Waals surface area contributed by atoms with Gasteiger partial charge in [0, 0.05) is 12.3 Å². The third-order valence-electron chi connectivity index (χ3n) is 3.52. The first-order chi connectivity index (χ1) is 9.44. The Balaban J connectivity index is 2.30. The molecule has 0 fully saturated rings. The largest absolute Gasteiger partial charge is 0.465 e. The number of hydrogen-bond donors (Lipinski definition) is 1. The minimum Gasteiger partial charge on any atom is -0.465 e. The van der Waals surface area contributed by atoms with E-state index in [2.05, 4.69) is 38.2 Å². The van der Waals surface area contributed by atoms with E-state index >= 15 is 0 Å². The first-order valence-electron chi connectivity index (χ1n) is 7.30. The lowest BCUT2D eigenvalue weighted by atomic mass is 9.88. The summed E-state index contributed by atoms with van der Waals surface area (Å²) in [7, 11) is 1.93. The molecule has 1 unspecified atom stereocenters. The van der Waals surface area contributed by atoms with Crippen LogP contribution in [0.5, 0.6) is 0 Å². The van der Waals surface area contributed by atoms with Gasteiger partial charge in [0.15, 0.2) is 0 Å². The second-order valence-corrected chi connectivity index (χ2v) is 6.19. The Bertz CT molecular complexity index is 401. The van der Waals surface area contributed by atoms with E-state index in [0.717, 1.165) is 13.0 Å². The van der Waals surface area contributed by atoms with E-state index in [1.165, 1.54) is 5.56 Å². The van der Waals surface area contributed by atoms with E-state index in [9.17, 15) is 4.79 Å². The fourth-order valence-electron chi connectivity index (χ4n) is 2.18. The number of rotatable bonds is 8. The molecule has 0 saturated carbocycles. The van der Waals surface area contributed by atoms with Gasteiger partial charge in [0.1, 0.15) is 0 Å². The van der Waals surface area contributed by atoms with Gasteiger partial charge in [0.25, 0.3) is 0 Å². The molecule has 0 aliphatic heterocycles. The molecule has 0 aromatic heterocycles. The lowest BCUT2D eigenvalue weighted by molar-refractivity contribution is -0.144. The van der Waals surface area contributed by atoms with Gasteiger partial charge < -0.3 is 10.1 Å². The summed E-state index contributed by atoms with van der Waals surface area (Å²) >= 11 is 0. The van der Waals surface area contributed by atoms with Crippen molar-refractivity contribution in [3.63, 3.8) is 0 Å². The molecule has 1 aromatic carbocycles. The first-order valence-corrected chi connectivity index (χ1v) is 7.30. The molecule has 1 atom stereocenters. The van der Waals surface area contributed by atoms with E-state index < -0.39 is 0 Å². The number of hydrogen-bond acceptors (Lipinski definition) is 3. The Morgan fingerprint density at radius 3 is 2.55 bits per heavy atom. The molecule has 1 rings (SSSR count). The lowest BCUT2D eigenvalue weighted by Crippen LogP contribution is -2.27. The Labute approximate surface area is 122 Å². The Morgan fingerprint density at radius 2 is 1.95 bits per heavy atom. The molecule has 112 valence electrons. The molecule has 0 aliphatic carbocycles. The average Bonchev–Trinajstić information content (AvgIpc) is 2.43. The third-order valence-corrected chi connectivity index (χ3v) is 3.52. The van der Waals surface area contributed by atoms with Gasteiger partial charge in [-0.15, -0.1) is 0 Å².